The first-order chi connectivity index (χ1) is 12.7. The van der Waals surface area contributed by atoms with Crippen molar-refractivity contribution in [2.75, 3.05) is 0 Å². The van der Waals surface area contributed by atoms with Crippen LogP contribution in [0.2, 0.25) is 0 Å². The molecule has 0 bridgehead atoms. The largest absolute Gasteiger partial charge is 0.299 e. The van der Waals surface area contributed by atoms with E-state index in [9.17, 15) is 9.59 Å². The summed E-state index contributed by atoms with van der Waals surface area (Å²) in [4.78, 5) is 31.4. The van der Waals surface area contributed by atoms with E-state index in [0.29, 0.717) is 11.5 Å². The molecule has 0 aliphatic carbocycles. The summed E-state index contributed by atoms with van der Waals surface area (Å²) in [5, 5.41) is 6.25. The number of hydrogen-bond donors (Lipinski definition) is 1. The highest BCUT2D eigenvalue weighted by Gasteiger charge is 2.11. The summed E-state index contributed by atoms with van der Waals surface area (Å²) in [6.07, 6.45) is 5.05. The van der Waals surface area contributed by atoms with Gasteiger partial charge in [0.2, 0.25) is 5.95 Å². The van der Waals surface area contributed by atoms with Crippen molar-refractivity contribution in [3.05, 3.63) is 88.6 Å². The summed E-state index contributed by atoms with van der Waals surface area (Å²) in [7, 11) is 0. The summed E-state index contributed by atoms with van der Waals surface area (Å²) in [6, 6.07) is 15.7. The lowest BCUT2D eigenvalue weighted by Gasteiger charge is -2.05. The lowest BCUT2D eigenvalue weighted by atomic mass is 10.0. The molecule has 1 N–H and O–H groups in total. The lowest BCUT2D eigenvalue weighted by molar-refractivity contribution is -0.117. The van der Waals surface area contributed by atoms with Crippen molar-refractivity contribution < 1.29 is 4.79 Å². The zero-order chi connectivity index (χ0) is 17.9. The highest BCUT2D eigenvalue weighted by molar-refractivity contribution is 5.86. The number of Topliss-reactive ketones (excluding diaryl/α,β-unsaturated/α-hetero) is 1. The van der Waals surface area contributed by atoms with Crippen molar-refractivity contribution in [1.29, 1.82) is 0 Å². The predicted molar refractivity (Wildman–Crippen MR) is 98.3 cm³/mol. The molecule has 128 valence electrons. The van der Waals surface area contributed by atoms with Crippen LogP contribution in [0, 0.1) is 0 Å². The number of ketones is 1. The Labute approximate surface area is 149 Å². The quantitative estimate of drug-likeness (QED) is 0.603. The number of carbonyl (C=O) groups excluding carboxylic acids is 1. The minimum Gasteiger partial charge on any atom is -0.299 e. The molecule has 2 aromatic heterocycles. The number of nitrogens with one attached hydrogen (secondary N) is 1. The molecule has 2 aromatic carbocycles. The number of nitrogens with zero attached hydrogens (tertiary/aromatic N) is 3. The molecule has 0 spiro atoms. The van der Waals surface area contributed by atoms with Gasteiger partial charge in [-0.2, -0.15) is 5.10 Å². The van der Waals surface area contributed by atoms with Crippen LogP contribution in [0.15, 0.2) is 71.9 Å². The summed E-state index contributed by atoms with van der Waals surface area (Å²) in [6.45, 7) is 0. The van der Waals surface area contributed by atoms with Gasteiger partial charge in [0.1, 0.15) is 5.78 Å². The second-order valence-corrected chi connectivity index (χ2v) is 6.09. The van der Waals surface area contributed by atoms with E-state index < -0.39 is 0 Å². The average molecular weight is 344 g/mol. The molecule has 4 aromatic rings. The van der Waals surface area contributed by atoms with E-state index in [1.54, 1.807) is 18.5 Å². The van der Waals surface area contributed by atoms with E-state index in [-0.39, 0.29) is 24.2 Å². The third kappa shape index (κ3) is 3.30. The molecule has 0 unspecified atom stereocenters. The smallest absolute Gasteiger partial charge is 0.255 e. The third-order valence-corrected chi connectivity index (χ3v) is 4.18. The first-order valence-electron chi connectivity index (χ1n) is 8.26. The van der Waals surface area contributed by atoms with E-state index >= 15 is 0 Å². The maximum atomic E-state index is 12.4. The molecule has 6 heteroatoms. The molecule has 0 atom stereocenters. The van der Waals surface area contributed by atoms with E-state index in [1.165, 1.54) is 10.9 Å². The Kier molecular flexibility index (Phi) is 4.15. The predicted octanol–water partition coefficient (Wildman–Crippen LogP) is 2.46. The van der Waals surface area contributed by atoms with Crippen LogP contribution in [0.3, 0.4) is 0 Å². The Morgan fingerprint density at radius 1 is 1.04 bits per heavy atom. The van der Waals surface area contributed by atoms with Crippen LogP contribution < -0.4 is 5.56 Å². The van der Waals surface area contributed by atoms with Gasteiger partial charge in [-0.05, 0) is 22.4 Å². The van der Waals surface area contributed by atoms with Gasteiger partial charge in [0, 0.05) is 37.0 Å². The molecule has 6 nitrogen and oxygen atoms in total. The second kappa shape index (κ2) is 6.76. The number of aromatic amines is 1. The number of H-pyrrole nitrogens is 1. The van der Waals surface area contributed by atoms with Gasteiger partial charge >= 0.3 is 0 Å². The van der Waals surface area contributed by atoms with Gasteiger partial charge in [0.05, 0.1) is 0 Å². The van der Waals surface area contributed by atoms with Crippen LogP contribution in [0.1, 0.15) is 11.1 Å². The summed E-state index contributed by atoms with van der Waals surface area (Å²) in [5.74, 6) is 0.296. The van der Waals surface area contributed by atoms with Crippen molar-refractivity contribution in [3.63, 3.8) is 0 Å². The Morgan fingerprint density at radius 3 is 2.65 bits per heavy atom. The number of benzene rings is 2. The van der Waals surface area contributed by atoms with Crippen molar-refractivity contribution in [3.8, 4) is 5.95 Å². The van der Waals surface area contributed by atoms with E-state index in [2.05, 4.69) is 15.1 Å². The van der Waals surface area contributed by atoms with Gasteiger partial charge in [-0.25, -0.2) is 9.67 Å². The number of hydrogen-bond acceptors (Lipinski definition) is 4. The van der Waals surface area contributed by atoms with Gasteiger partial charge in [0.15, 0.2) is 0 Å². The zero-order valence-electron chi connectivity index (χ0n) is 13.9. The molecule has 26 heavy (non-hydrogen) atoms. The maximum absolute atomic E-state index is 12.4. The summed E-state index contributed by atoms with van der Waals surface area (Å²) < 4.78 is 1.46. The standard InChI is InChI=1S/C20H16N4O2/c25-18(11-14-6-7-15-4-1-2-5-16(15)10-14)12-17-13-21-20(23-19(17)26)24-9-3-8-22-24/h1-10,13H,11-12H2,(H,21,23,26). The van der Waals surface area contributed by atoms with E-state index in [1.807, 2.05) is 42.5 Å². The molecule has 0 aliphatic rings. The highest BCUT2D eigenvalue weighted by Crippen LogP contribution is 2.16. The SMILES string of the molecule is O=C(Cc1ccc2ccccc2c1)Cc1cnc(-n2cccn2)[nH]c1=O. The Bertz CT molecular complexity index is 1130. The molecule has 0 amide bonds. The molecular formula is C20H16N4O2. The van der Waals surface area contributed by atoms with Gasteiger partial charge in [0.25, 0.3) is 5.56 Å². The van der Waals surface area contributed by atoms with Crippen molar-refractivity contribution in [1.82, 2.24) is 19.7 Å². The van der Waals surface area contributed by atoms with Crippen molar-refractivity contribution >= 4 is 16.6 Å². The highest BCUT2D eigenvalue weighted by atomic mass is 16.1. The summed E-state index contributed by atoms with van der Waals surface area (Å²) in [5.41, 5.74) is 0.968. The molecular weight excluding hydrogens is 328 g/mol. The Morgan fingerprint density at radius 2 is 1.88 bits per heavy atom. The molecule has 2 heterocycles. The summed E-state index contributed by atoms with van der Waals surface area (Å²) >= 11 is 0. The van der Waals surface area contributed by atoms with Crippen LogP contribution in [-0.2, 0) is 17.6 Å². The minimum atomic E-state index is -0.322. The van der Waals surface area contributed by atoms with Gasteiger partial charge in [-0.3, -0.25) is 14.6 Å². The Hall–Kier alpha value is -3.54. The molecule has 4 rings (SSSR count). The molecule has 0 saturated heterocycles. The van der Waals surface area contributed by atoms with Crippen LogP contribution >= 0.6 is 0 Å². The third-order valence-electron chi connectivity index (χ3n) is 4.18. The average Bonchev–Trinajstić information content (AvgIpc) is 3.18. The van der Waals surface area contributed by atoms with E-state index in [0.717, 1.165) is 16.3 Å². The topological polar surface area (TPSA) is 80.6 Å². The monoisotopic (exact) mass is 344 g/mol. The second-order valence-electron chi connectivity index (χ2n) is 6.09. The maximum Gasteiger partial charge on any atom is 0.255 e. The van der Waals surface area contributed by atoms with E-state index in [4.69, 9.17) is 0 Å². The number of rotatable bonds is 5. The first-order valence-corrected chi connectivity index (χ1v) is 8.26. The van der Waals surface area contributed by atoms with Gasteiger partial charge in [-0.15, -0.1) is 0 Å². The zero-order valence-corrected chi connectivity index (χ0v) is 13.9. The minimum absolute atomic E-state index is 0.0283. The van der Waals surface area contributed by atoms with Gasteiger partial charge < -0.3 is 0 Å². The molecule has 0 saturated carbocycles. The first kappa shape index (κ1) is 16.0. The van der Waals surface area contributed by atoms with Crippen LogP contribution in [0.4, 0.5) is 0 Å². The Balaban J connectivity index is 1.49. The van der Waals surface area contributed by atoms with Crippen molar-refractivity contribution in [2.24, 2.45) is 0 Å². The van der Waals surface area contributed by atoms with Gasteiger partial charge in [-0.1, -0.05) is 42.5 Å². The lowest BCUT2D eigenvalue weighted by Crippen LogP contribution is -2.20. The van der Waals surface area contributed by atoms with Crippen LogP contribution in [0.25, 0.3) is 16.7 Å². The molecule has 0 aliphatic heterocycles. The fraction of sp³-hybridized carbons (Fsp3) is 0.100. The van der Waals surface area contributed by atoms with Crippen LogP contribution in [-0.4, -0.2) is 25.5 Å². The molecule has 0 fully saturated rings. The van der Waals surface area contributed by atoms with Crippen LogP contribution in [0.5, 0.6) is 0 Å². The number of carbonyl (C=O) groups is 1. The fourth-order valence-corrected chi connectivity index (χ4v) is 2.90. The normalized spacial score (nSPS) is 10.9. The fourth-order valence-electron chi connectivity index (χ4n) is 2.90. The molecule has 0 radical (unpaired) electrons. The number of aromatic nitrogens is 4. The number of fused-ring (bicyclic) bond motifs is 1. The van der Waals surface area contributed by atoms with Crippen molar-refractivity contribution in [2.45, 2.75) is 12.8 Å².